The number of carbonyl (C=O) groups excluding carboxylic acids is 1. The molecule has 2 aliphatic carbocycles. The second-order valence-electron chi connectivity index (χ2n) is 4.20. The van der Waals surface area contributed by atoms with Crippen LogP contribution in [-0.4, -0.2) is 11.0 Å². The molecule has 3 aliphatic rings. The van der Waals surface area contributed by atoms with Crippen molar-refractivity contribution in [2.24, 2.45) is 5.92 Å². The fraction of sp³-hybridized carbons (Fsp3) is 0.364. The van der Waals surface area contributed by atoms with Crippen molar-refractivity contribution in [3.8, 4) is 0 Å². The number of Topliss-reactive ketones (excluding diaryl/α,β-unsaturated/α-hetero) is 1. The molecule has 0 aromatic heterocycles. The quantitative estimate of drug-likeness (QED) is 0.619. The molecule has 1 nitrogen and oxygen atoms in total. The van der Waals surface area contributed by atoms with Crippen LogP contribution in [0.3, 0.4) is 0 Å². The molecule has 1 spiro atoms. The van der Waals surface area contributed by atoms with E-state index in [0.29, 0.717) is 22.4 Å². The second-order valence-corrected chi connectivity index (χ2v) is 5.38. The van der Waals surface area contributed by atoms with Gasteiger partial charge in [0.05, 0.1) is 0 Å². The Morgan fingerprint density at radius 3 is 3.08 bits per heavy atom. The van der Waals surface area contributed by atoms with Gasteiger partial charge in [0.15, 0.2) is 0 Å². The number of hydrogen-bond acceptors (Lipinski definition) is 2. The zero-order chi connectivity index (χ0) is 8.63. The summed E-state index contributed by atoms with van der Waals surface area (Å²) in [4.78, 5) is 12.7. The van der Waals surface area contributed by atoms with Crippen molar-refractivity contribution in [3.63, 3.8) is 0 Å². The lowest BCUT2D eigenvalue weighted by atomic mass is 9.78. The number of fused-ring (bicyclic) bond motifs is 2. The van der Waals surface area contributed by atoms with Crippen LogP contribution in [0.5, 0.6) is 0 Å². The molecule has 3 atom stereocenters. The van der Waals surface area contributed by atoms with Gasteiger partial charge in [0, 0.05) is 27.9 Å². The van der Waals surface area contributed by atoms with Crippen molar-refractivity contribution in [2.75, 3.05) is 0 Å². The van der Waals surface area contributed by atoms with Gasteiger partial charge in [0.2, 0.25) is 0 Å². The molecular formula is C11H8OS. The maximum Gasteiger partial charge on any atom is 0.139 e. The average molecular weight is 188 g/mol. The Morgan fingerprint density at radius 2 is 2.23 bits per heavy atom. The van der Waals surface area contributed by atoms with E-state index in [1.165, 1.54) is 10.5 Å². The summed E-state index contributed by atoms with van der Waals surface area (Å²) < 4.78 is 0. The molecule has 1 aromatic carbocycles. The Labute approximate surface area is 80.5 Å². The summed E-state index contributed by atoms with van der Waals surface area (Å²) in [5.74, 6) is 0.888. The van der Waals surface area contributed by atoms with Gasteiger partial charge in [0.1, 0.15) is 5.78 Å². The zero-order valence-corrected chi connectivity index (χ0v) is 7.80. The first-order chi connectivity index (χ1) is 6.34. The Balaban J connectivity index is 1.94. The Kier molecular flexibility index (Phi) is 0.877. The molecule has 13 heavy (non-hydrogen) atoms. The Hall–Kier alpha value is -0.760. The molecule has 2 saturated carbocycles. The number of hydrogen-bond donors (Lipinski definition) is 0. The van der Waals surface area contributed by atoms with E-state index in [-0.39, 0.29) is 0 Å². The summed E-state index contributed by atoms with van der Waals surface area (Å²) in [5, 5.41) is 0.609. The van der Waals surface area contributed by atoms with Gasteiger partial charge >= 0.3 is 0 Å². The van der Waals surface area contributed by atoms with Crippen molar-refractivity contribution >= 4 is 17.5 Å². The summed E-state index contributed by atoms with van der Waals surface area (Å²) in [7, 11) is 0. The van der Waals surface area contributed by atoms with Crippen molar-refractivity contribution in [3.05, 3.63) is 29.8 Å². The molecule has 0 bridgehead atoms. The first-order valence-corrected chi connectivity index (χ1v) is 5.51. The van der Waals surface area contributed by atoms with Crippen LogP contribution < -0.4 is 0 Å². The first-order valence-electron chi connectivity index (χ1n) is 4.63. The summed E-state index contributed by atoms with van der Waals surface area (Å²) in [6, 6.07) is 8.56. The topological polar surface area (TPSA) is 17.1 Å². The van der Waals surface area contributed by atoms with Crippen LogP contribution in [0.4, 0.5) is 0 Å². The lowest BCUT2D eigenvalue weighted by molar-refractivity contribution is -0.125. The Bertz CT molecular complexity index is 439. The van der Waals surface area contributed by atoms with Crippen LogP contribution in [-0.2, 0) is 10.2 Å². The smallest absolute Gasteiger partial charge is 0.139 e. The minimum absolute atomic E-state index is 0.318. The molecule has 1 heterocycles. The normalized spacial score (nSPS) is 43.2. The summed E-state index contributed by atoms with van der Waals surface area (Å²) in [5.41, 5.74) is 1.77. The first kappa shape index (κ1) is 6.66. The molecule has 0 radical (unpaired) electrons. The van der Waals surface area contributed by atoms with E-state index in [9.17, 15) is 4.79 Å². The van der Waals surface area contributed by atoms with Gasteiger partial charge in [-0.25, -0.2) is 0 Å². The minimum atomic E-state index is 0.318. The van der Waals surface area contributed by atoms with Crippen LogP contribution in [0.25, 0.3) is 0 Å². The second kappa shape index (κ2) is 1.71. The van der Waals surface area contributed by atoms with E-state index in [0.717, 1.165) is 6.42 Å². The molecule has 0 amide bonds. The van der Waals surface area contributed by atoms with E-state index in [1.807, 2.05) is 11.8 Å². The van der Waals surface area contributed by atoms with Gasteiger partial charge in [-0.1, -0.05) is 18.2 Å². The highest BCUT2D eigenvalue weighted by atomic mass is 32.2. The van der Waals surface area contributed by atoms with Crippen LogP contribution >= 0.6 is 11.8 Å². The largest absolute Gasteiger partial charge is 0.299 e. The maximum atomic E-state index is 11.3. The standard InChI is InChI=1S/C11H8OS/c12-7-5-11-6-3-1-2-4-8(6)13-10(11)9(7)11/h1-4,9-10H,5H2. The SMILES string of the molecule is O=C1CC23c4ccccc4SC2C13. The highest BCUT2D eigenvalue weighted by molar-refractivity contribution is 8.00. The molecule has 3 unspecified atom stereocenters. The zero-order valence-electron chi connectivity index (χ0n) is 6.99. The van der Waals surface area contributed by atoms with E-state index >= 15 is 0 Å². The number of benzene rings is 1. The summed E-state index contributed by atoms with van der Waals surface area (Å²) in [6.45, 7) is 0. The lowest BCUT2D eigenvalue weighted by Crippen LogP contribution is -2.29. The predicted molar refractivity (Wildman–Crippen MR) is 50.9 cm³/mol. The fourth-order valence-corrected chi connectivity index (χ4v) is 4.85. The van der Waals surface area contributed by atoms with E-state index in [2.05, 4.69) is 24.3 Å². The number of carbonyl (C=O) groups is 1. The minimum Gasteiger partial charge on any atom is -0.299 e. The van der Waals surface area contributed by atoms with Crippen molar-refractivity contribution in [1.29, 1.82) is 0 Å². The van der Waals surface area contributed by atoms with Crippen LogP contribution in [0.2, 0.25) is 0 Å². The molecule has 0 saturated heterocycles. The van der Waals surface area contributed by atoms with E-state index < -0.39 is 0 Å². The molecule has 2 heteroatoms. The predicted octanol–water partition coefficient (Wildman–Crippen LogP) is 2.00. The highest BCUT2D eigenvalue weighted by Crippen LogP contribution is 2.76. The van der Waals surface area contributed by atoms with Gasteiger partial charge in [0.25, 0.3) is 0 Å². The molecular weight excluding hydrogens is 180 g/mol. The van der Waals surface area contributed by atoms with Gasteiger partial charge in [-0.15, -0.1) is 11.8 Å². The molecule has 0 N–H and O–H groups in total. The van der Waals surface area contributed by atoms with Crippen LogP contribution in [0.15, 0.2) is 29.2 Å². The molecule has 2 fully saturated rings. The molecule has 1 aromatic rings. The van der Waals surface area contributed by atoms with Crippen molar-refractivity contribution in [2.45, 2.75) is 22.0 Å². The number of ketones is 1. The van der Waals surface area contributed by atoms with E-state index in [1.54, 1.807) is 0 Å². The fourth-order valence-electron chi connectivity index (χ4n) is 3.02. The molecule has 1 aliphatic heterocycles. The maximum absolute atomic E-state index is 11.3. The summed E-state index contributed by atoms with van der Waals surface area (Å²) >= 11 is 1.92. The van der Waals surface area contributed by atoms with Crippen molar-refractivity contribution in [1.82, 2.24) is 0 Å². The van der Waals surface area contributed by atoms with Crippen LogP contribution in [0.1, 0.15) is 12.0 Å². The number of thioether (sulfide) groups is 1. The monoisotopic (exact) mass is 188 g/mol. The number of rotatable bonds is 0. The van der Waals surface area contributed by atoms with E-state index in [4.69, 9.17) is 0 Å². The van der Waals surface area contributed by atoms with Gasteiger partial charge in [-0.2, -0.15) is 0 Å². The third-order valence-electron chi connectivity index (χ3n) is 3.71. The van der Waals surface area contributed by atoms with Crippen LogP contribution in [0, 0.1) is 5.92 Å². The third-order valence-corrected chi connectivity index (χ3v) is 5.27. The Morgan fingerprint density at radius 1 is 1.38 bits per heavy atom. The van der Waals surface area contributed by atoms with Gasteiger partial charge in [-0.3, -0.25) is 4.79 Å². The summed E-state index contributed by atoms with van der Waals surface area (Å²) in [6.07, 6.45) is 0.812. The molecule has 64 valence electrons. The lowest BCUT2D eigenvalue weighted by Gasteiger charge is -2.23. The van der Waals surface area contributed by atoms with Gasteiger partial charge < -0.3 is 0 Å². The van der Waals surface area contributed by atoms with Gasteiger partial charge in [-0.05, 0) is 11.6 Å². The van der Waals surface area contributed by atoms with Crippen molar-refractivity contribution < 1.29 is 4.79 Å². The highest BCUT2D eigenvalue weighted by Gasteiger charge is 2.79. The average Bonchev–Trinajstić information content (AvgIpc) is 2.49. The molecule has 4 rings (SSSR count). The third kappa shape index (κ3) is 0.513.